The SMILES string of the molecule is NCC1(c2ncccc2C(F)(F)F)CCCCC1. The van der Waals surface area contributed by atoms with Gasteiger partial charge in [-0.25, -0.2) is 0 Å². The van der Waals surface area contributed by atoms with Crippen LogP contribution < -0.4 is 5.73 Å². The van der Waals surface area contributed by atoms with Gasteiger partial charge in [-0.2, -0.15) is 13.2 Å². The van der Waals surface area contributed by atoms with E-state index in [1.165, 1.54) is 12.3 Å². The maximum atomic E-state index is 13.0. The standard InChI is InChI=1S/C13H17F3N2/c14-13(15,16)10-5-4-8-18-11(10)12(9-17)6-2-1-3-7-12/h4-5,8H,1-3,6-7,9,17H2. The first-order chi connectivity index (χ1) is 8.49. The van der Waals surface area contributed by atoms with Crippen LogP contribution in [0.1, 0.15) is 43.4 Å². The van der Waals surface area contributed by atoms with Crippen molar-refractivity contribution in [3.63, 3.8) is 0 Å². The number of hydrogen-bond donors (Lipinski definition) is 1. The van der Waals surface area contributed by atoms with Crippen LogP contribution >= 0.6 is 0 Å². The van der Waals surface area contributed by atoms with Gasteiger partial charge in [0.25, 0.3) is 0 Å². The molecule has 1 aliphatic rings. The van der Waals surface area contributed by atoms with E-state index in [0.717, 1.165) is 25.3 Å². The minimum atomic E-state index is -4.36. The van der Waals surface area contributed by atoms with E-state index in [1.54, 1.807) is 0 Å². The second-order valence-corrected chi connectivity index (χ2v) is 4.94. The van der Waals surface area contributed by atoms with Gasteiger partial charge in [0.2, 0.25) is 0 Å². The molecule has 1 aliphatic carbocycles. The summed E-state index contributed by atoms with van der Waals surface area (Å²) in [6, 6.07) is 2.44. The van der Waals surface area contributed by atoms with E-state index in [0.29, 0.717) is 12.8 Å². The molecule has 2 rings (SSSR count). The quantitative estimate of drug-likeness (QED) is 0.884. The van der Waals surface area contributed by atoms with Gasteiger partial charge in [0.1, 0.15) is 0 Å². The highest BCUT2D eigenvalue weighted by molar-refractivity contribution is 5.31. The Bertz CT molecular complexity index is 409. The molecule has 100 valence electrons. The molecule has 0 aromatic carbocycles. The molecule has 5 heteroatoms. The molecule has 0 spiro atoms. The summed E-state index contributed by atoms with van der Waals surface area (Å²) in [5.74, 6) is 0. The third-order valence-electron chi connectivity index (χ3n) is 3.82. The van der Waals surface area contributed by atoms with Crippen molar-refractivity contribution in [3.05, 3.63) is 29.6 Å². The highest BCUT2D eigenvalue weighted by Crippen LogP contribution is 2.43. The average Bonchev–Trinajstić information content (AvgIpc) is 2.38. The number of alkyl halides is 3. The van der Waals surface area contributed by atoms with E-state index in [2.05, 4.69) is 4.98 Å². The molecule has 18 heavy (non-hydrogen) atoms. The van der Waals surface area contributed by atoms with Gasteiger partial charge in [0.05, 0.1) is 11.3 Å². The summed E-state index contributed by atoms with van der Waals surface area (Å²) in [4.78, 5) is 4.01. The molecule has 0 unspecified atom stereocenters. The van der Waals surface area contributed by atoms with E-state index in [4.69, 9.17) is 5.73 Å². The van der Waals surface area contributed by atoms with Crippen molar-refractivity contribution in [1.29, 1.82) is 0 Å². The topological polar surface area (TPSA) is 38.9 Å². The Morgan fingerprint density at radius 3 is 2.44 bits per heavy atom. The maximum Gasteiger partial charge on any atom is 0.418 e. The third-order valence-corrected chi connectivity index (χ3v) is 3.82. The van der Waals surface area contributed by atoms with Gasteiger partial charge in [-0.3, -0.25) is 4.98 Å². The Hall–Kier alpha value is -1.10. The summed E-state index contributed by atoms with van der Waals surface area (Å²) in [6.45, 7) is 0.229. The molecule has 1 aromatic heterocycles. The number of halogens is 3. The normalized spacial score (nSPS) is 19.8. The third kappa shape index (κ3) is 2.36. The second-order valence-electron chi connectivity index (χ2n) is 4.94. The second kappa shape index (κ2) is 4.88. The number of nitrogens with zero attached hydrogens (tertiary/aromatic N) is 1. The van der Waals surface area contributed by atoms with Gasteiger partial charge in [-0.05, 0) is 25.0 Å². The molecule has 1 fully saturated rings. The summed E-state index contributed by atoms with van der Waals surface area (Å²) in [5, 5.41) is 0. The first-order valence-corrected chi connectivity index (χ1v) is 6.22. The molecule has 1 aromatic rings. The molecule has 0 saturated heterocycles. The summed E-state index contributed by atoms with van der Waals surface area (Å²) >= 11 is 0. The fourth-order valence-electron chi connectivity index (χ4n) is 2.82. The van der Waals surface area contributed by atoms with Crippen LogP contribution in [0.5, 0.6) is 0 Å². The highest BCUT2D eigenvalue weighted by atomic mass is 19.4. The van der Waals surface area contributed by atoms with Gasteiger partial charge >= 0.3 is 6.18 Å². The molecular formula is C13H17F3N2. The molecule has 2 nitrogen and oxygen atoms in total. The summed E-state index contributed by atoms with van der Waals surface area (Å²) in [7, 11) is 0. The van der Waals surface area contributed by atoms with Crippen LogP contribution in [0.2, 0.25) is 0 Å². The first-order valence-electron chi connectivity index (χ1n) is 6.22. The molecule has 2 N–H and O–H groups in total. The minimum Gasteiger partial charge on any atom is -0.330 e. The van der Waals surface area contributed by atoms with E-state index < -0.39 is 17.2 Å². The van der Waals surface area contributed by atoms with Crippen LogP contribution in [-0.4, -0.2) is 11.5 Å². The van der Waals surface area contributed by atoms with Gasteiger partial charge < -0.3 is 5.73 Å². The summed E-state index contributed by atoms with van der Waals surface area (Å²) in [5.41, 5.74) is 4.69. The zero-order valence-electron chi connectivity index (χ0n) is 10.1. The van der Waals surface area contributed by atoms with Crippen LogP contribution in [-0.2, 0) is 11.6 Å². The Balaban J connectivity index is 2.48. The van der Waals surface area contributed by atoms with Crippen molar-refractivity contribution in [2.24, 2.45) is 5.73 Å². The average molecular weight is 258 g/mol. The highest BCUT2D eigenvalue weighted by Gasteiger charge is 2.42. The Morgan fingerprint density at radius 2 is 1.89 bits per heavy atom. The molecular weight excluding hydrogens is 241 g/mol. The number of rotatable bonds is 2. The van der Waals surface area contributed by atoms with Crippen molar-refractivity contribution in [2.75, 3.05) is 6.54 Å². The van der Waals surface area contributed by atoms with Gasteiger partial charge in [-0.1, -0.05) is 19.3 Å². The molecule has 0 amide bonds. The Morgan fingerprint density at radius 1 is 1.22 bits per heavy atom. The lowest BCUT2D eigenvalue weighted by Gasteiger charge is -2.37. The Kier molecular flexibility index (Phi) is 3.61. The molecule has 0 bridgehead atoms. The predicted octanol–water partition coefficient (Wildman–Crippen LogP) is 3.26. The fourth-order valence-corrected chi connectivity index (χ4v) is 2.82. The number of aromatic nitrogens is 1. The van der Waals surface area contributed by atoms with Crippen molar-refractivity contribution < 1.29 is 13.2 Å². The van der Waals surface area contributed by atoms with Gasteiger partial charge in [0, 0.05) is 18.2 Å². The summed E-state index contributed by atoms with van der Waals surface area (Å²) in [6.07, 6.45) is 1.37. The molecule has 1 heterocycles. The largest absolute Gasteiger partial charge is 0.418 e. The molecule has 0 atom stereocenters. The van der Waals surface area contributed by atoms with Crippen LogP contribution in [0.25, 0.3) is 0 Å². The van der Waals surface area contributed by atoms with Crippen molar-refractivity contribution in [1.82, 2.24) is 4.98 Å². The zero-order valence-corrected chi connectivity index (χ0v) is 10.1. The van der Waals surface area contributed by atoms with Crippen LogP contribution in [0.15, 0.2) is 18.3 Å². The predicted molar refractivity (Wildman–Crippen MR) is 63.1 cm³/mol. The van der Waals surface area contributed by atoms with E-state index >= 15 is 0 Å². The number of hydrogen-bond acceptors (Lipinski definition) is 2. The minimum absolute atomic E-state index is 0.139. The van der Waals surface area contributed by atoms with E-state index in [9.17, 15) is 13.2 Å². The van der Waals surface area contributed by atoms with E-state index in [-0.39, 0.29) is 12.2 Å². The summed E-state index contributed by atoms with van der Waals surface area (Å²) < 4.78 is 39.1. The first kappa shape index (κ1) is 13.3. The van der Waals surface area contributed by atoms with Crippen molar-refractivity contribution in [3.8, 4) is 0 Å². The van der Waals surface area contributed by atoms with Crippen LogP contribution in [0.4, 0.5) is 13.2 Å². The fraction of sp³-hybridized carbons (Fsp3) is 0.615. The lowest BCUT2D eigenvalue weighted by Crippen LogP contribution is -2.39. The van der Waals surface area contributed by atoms with Crippen molar-refractivity contribution >= 4 is 0 Å². The monoisotopic (exact) mass is 258 g/mol. The van der Waals surface area contributed by atoms with Gasteiger partial charge in [-0.15, -0.1) is 0 Å². The lowest BCUT2D eigenvalue weighted by molar-refractivity contribution is -0.139. The number of nitrogens with two attached hydrogens (primary N) is 1. The van der Waals surface area contributed by atoms with E-state index in [1.807, 2.05) is 0 Å². The van der Waals surface area contributed by atoms with Crippen LogP contribution in [0.3, 0.4) is 0 Å². The molecule has 0 radical (unpaired) electrons. The van der Waals surface area contributed by atoms with Crippen LogP contribution in [0, 0.1) is 0 Å². The zero-order chi connectivity index (χ0) is 13.2. The smallest absolute Gasteiger partial charge is 0.330 e. The lowest BCUT2D eigenvalue weighted by atomic mass is 9.70. The molecule has 0 aliphatic heterocycles. The van der Waals surface area contributed by atoms with Gasteiger partial charge in [0.15, 0.2) is 0 Å². The maximum absolute atomic E-state index is 13.0. The van der Waals surface area contributed by atoms with Crippen molar-refractivity contribution in [2.45, 2.75) is 43.7 Å². The molecule has 1 saturated carbocycles. The Labute approximate surface area is 104 Å². The number of pyridine rings is 1.